The van der Waals surface area contributed by atoms with Gasteiger partial charge in [-0.2, -0.15) is 5.10 Å². The average molecular weight is 328 g/mol. The maximum absolute atomic E-state index is 12.4. The van der Waals surface area contributed by atoms with E-state index in [-0.39, 0.29) is 11.4 Å². The Morgan fingerprint density at radius 2 is 1.88 bits per heavy atom. The molecule has 1 aromatic carbocycles. The summed E-state index contributed by atoms with van der Waals surface area (Å²) in [7, 11) is 0. The third kappa shape index (κ3) is 4.16. The van der Waals surface area contributed by atoms with E-state index in [4.69, 9.17) is 0 Å². The molecule has 0 radical (unpaired) electrons. The Morgan fingerprint density at radius 1 is 1.25 bits per heavy atom. The van der Waals surface area contributed by atoms with Crippen molar-refractivity contribution >= 4 is 17.3 Å². The number of nitrogens with zero attached hydrogens (tertiary/aromatic N) is 3. The van der Waals surface area contributed by atoms with Gasteiger partial charge in [-0.15, -0.1) is 0 Å². The molecule has 0 aliphatic rings. The summed E-state index contributed by atoms with van der Waals surface area (Å²) in [6.07, 6.45) is 3.38. The zero-order chi connectivity index (χ0) is 17.9. The van der Waals surface area contributed by atoms with E-state index in [1.807, 2.05) is 24.3 Å². The van der Waals surface area contributed by atoms with Crippen LogP contribution in [0.4, 0.5) is 11.4 Å². The molecule has 5 nitrogen and oxygen atoms in total. The Hall–Kier alpha value is -2.30. The van der Waals surface area contributed by atoms with Gasteiger partial charge in [0.1, 0.15) is 0 Å². The maximum Gasteiger partial charge on any atom is 0.258 e. The fraction of sp³-hybridized carbons (Fsp3) is 0.474. The molecule has 0 saturated heterocycles. The van der Waals surface area contributed by atoms with E-state index in [1.54, 1.807) is 17.1 Å². The Kier molecular flexibility index (Phi) is 5.32. The van der Waals surface area contributed by atoms with Gasteiger partial charge in [0.2, 0.25) is 0 Å². The molecule has 1 amide bonds. The number of hydrogen-bond acceptors (Lipinski definition) is 3. The Bertz CT molecular complexity index is 680. The molecule has 0 fully saturated rings. The molecule has 0 bridgehead atoms. The minimum atomic E-state index is -0.144. The van der Waals surface area contributed by atoms with Crippen LogP contribution in [-0.4, -0.2) is 28.3 Å². The van der Waals surface area contributed by atoms with E-state index in [0.717, 1.165) is 17.9 Å². The fourth-order valence-corrected chi connectivity index (χ4v) is 2.59. The van der Waals surface area contributed by atoms with Crippen LogP contribution in [0.2, 0.25) is 0 Å². The lowest BCUT2D eigenvalue weighted by molar-refractivity contribution is 0.102. The van der Waals surface area contributed by atoms with Crippen molar-refractivity contribution in [2.45, 2.75) is 53.1 Å². The largest absolute Gasteiger partial charge is 0.369 e. The number of carbonyl (C=O) groups excluding carboxylic acids is 1. The zero-order valence-corrected chi connectivity index (χ0v) is 15.5. The second-order valence-corrected chi connectivity index (χ2v) is 7.23. The summed E-state index contributed by atoms with van der Waals surface area (Å²) in [5.41, 5.74) is 2.37. The van der Waals surface area contributed by atoms with Crippen LogP contribution in [0.3, 0.4) is 0 Å². The summed E-state index contributed by atoms with van der Waals surface area (Å²) in [6.45, 7) is 13.6. The van der Waals surface area contributed by atoms with Crippen LogP contribution in [0.25, 0.3) is 0 Å². The summed E-state index contributed by atoms with van der Waals surface area (Å²) >= 11 is 0. The highest BCUT2D eigenvalue weighted by Crippen LogP contribution is 2.20. The van der Waals surface area contributed by atoms with Crippen molar-refractivity contribution in [1.82, 2.24) is 9.78 Å². The van der Waals surface area contributed by atoms with Gasteiger partial charge < -0.3 is 10.2 Å². The molecule has 2 aromatic rings. The van der Waals surface area contributed by atoms with Gasteiger partial charge in [-0.3, -0.25) is 9.48 Å². The number of aromatic nitrogens is 2. The van der Waals surface area contributed by atoms with Gasteiger partial charge in [0.15, 0.2) is 0 Å². The lowest BCUT2D eigenvalue weighted by Gasteiger charge is -2.27. The van der Waals surface area contributed by atoms with Crippen molar-refractivity contribution in [3.8, 4) is 0 Å². The predicted octanol–water partition coefficient (Wildman–Crippen LogP) is 4.13. The lowest BCUT2D eigenvalue weighted by atomic mass is 10.1. The van der Waals surface area contributed by atoms with E-state index >= 15 is 0 Å². The fourth-order valence-electron chi connectivity index (χ4n) is 2.59. The Morgan fingerprint density at radius 3 is 2.33 bits per heavy atom. The van der Waals surface area contributed by atoms with Crippen molar-refractivity contribution < 1.29 is 4.79 Å². The van der Waals surface area contributed by atoms with Crippen LogP contribution in [0, 0.1) is 0 Å². The highest BCUT2D eigenvalue weighted by atomic mass is 16.1. The predicted molar refractivity (Wildman–Crippen MR) is 99.8 cm³/mol. The van der Waals surface area contributed by atoms with E-state index in [1.165, 1.54) is 0 Å². The first-order valence-corrected chi connectivity index (χ1v) is 8.45. The molecule has 1 aromatic heterocycles. The topological polar surface area (TPSA) is 50.2 Å². The second kappa shape index (κ2) is 7.07. The summed E-state index contributed by atoms with van der Waals surface area (Å²) in [6, 6.07) is 8.40. The first-order valence-electron chi connectivity index (χ1n) is 8.45. The summed E-state index contributed by atoms with van der Waals surface area (Å²) in [5.74, 6) is -0.144. The first kappa shape index (κ1) is 18.0. The molecule has 0 atom stereocenters. The van der Waals surface area contributed by atoms with Crippen LogP contribution in [0.1, 0.15) is 51.9 Å². The number of benzene rings is 1. The molecule has 1 N–H and O–H groups in total. The lowest BCUT2D eigenvalue weighted by Crippen LogP contribution is -2.30. The van der Waals surface area contributed by atoms with Gasteiger partial charge in [0, 0.05) is 30.2 Å². The number of nitrogens with one attached hydrogen (secondary N) is 1. The number of hydrogen-bond donors (Lipinski definition) is 1. The van der Waals surface area contributed by atoms with Crippen LogP contribution < -0.4 is 10.2 Å². The minimum absolute atomic E-state index is 0.138. The molecule has 24 heavy (non-hydrogen) atoms. The quantitative estimate of drug-likeness (QED) is 0.898. The van der Waals surface area contributed by atoms with Crippen molar-refractivity contribution in [3.63, 3.8) is 0 Å². The van der Waals surface area contributed by atoms with Gasteiger partial charge in [-0.1, -0.05) is 0 Å². The first-order chi connectivity index (χ1) is 11.2. The summed E-state index contributed by atoms with van der Waals surface area (Å²) in [5, 5.41) is 7.19. The van der Waals surface area contributed by atoms with Crippen LogP contribution in [-0.2, 0) is 5.54 Å². The highest BCUT2D eigenvalue weighted by molar-refractivity contribution is 6.04. The number of carbonyl (C=O) groups is 1. The van der Waals surface area contributed by atoms with E-state index in [2.05, 4.69) is 56.9 Å². The van der Waals surface area contributed by atoms with Crippen LogP contribution in [0.5, 0.6) is 0 Å². The smallest absolute Gasteiger partial charge is 0.258 e. The van der Waals surface area contributed by atoms with Gasteiger partial charge in [-0.25, -0.2) is 0 Å². The summed E-state index contributed by atoms with van der Waals surface area (Å²) < 4.78 is 1.80. The molecule has 2 rings (SSSR count). The Balaban J connectivity index is 2.08. The molecule has 0 unspecified atom stereocenters. The average Bonchev–Trinajstić information content (AvgIpc) is 2.99. The molecular weight excluding hydrogens is 300 g/mol. The third-order valence-corrected chi connectivity index (χ3v) is 3.95. The molecule has 0 aliphatic carbocycles. The third-order valence-electron chi connectivity index (χ3n) is 3.95. The normalized spacial score (nSPS) is 11.6. The van der Waals surface area contributed by atoms with E-state index < -0.39 is 0 Å². The van der Waals surface area contributed by atoms with Gasteiger partial charge in [0.05, 0.1) is 17.3 Å². The molecule has 5 heteroatoms. The van der Waals surface area contributed by atoms with E-state index in [0.29, 0.717) is 11.6 Å². The zero-order valence-electron chi connectivity index (χ0n) is 15.5. The van der Waals surface area contributed by atoms with Crippen molar-refractivity contribution in [2.75, 3.05) is 16.8 Å². The highest BCUT2D eigenvalue weighted by Gasteiger charge is 2.17. The second-order valence-electron chi connectivity index (χ2n) is 7.23. The SMILES string of the molecule is CCN(c1ccc(NC(=O)c2cnn(C(C)(C)C)c2)cc1)C(C)C. The molecule has 0 saturated carbocycles. The molecule has 0 spiro atoms. The van der Waals surface area contributed by atoms with Crippen molar-refractivity contribution in [3.05, 3.63) is 42.2 Å². The van der Waals surface area contributed by atoms with Gasteiger partial charge in [0.25, 0.3) is 5.91 Å². The number of rotatable bonds is 5. The Labute approximate surface area is 144 Å². The molecule has 0 aliphatic heterocycles. The number of anilines is 2. The minimum Gasteiger partial charge on any atom is -0.369 e. The van der Waals surface area contributed by atoms with Crippen LogP contribution in [0.15, 0.2) is 36.7 Å². The number of amides is 1. The molecule has 130 valence electrons. The van der Waals surface area contributed by atoms with Crippen molar-refractivity contribution in [1.29, 1.82) is 0 Å². The van der Waals surface area contributed by atoms with Gasteiger partial charge in [-0.05, 0) is 65.8 Å². The van der Waals surface area contributed by atoms with Crippen LogP contribution >= 0.6 is 0 Å². The standard InChI is InChI=1S/C19H28N4O/c1-7-22(14(2)3)17-10-8-16(9-11-17)21-18(24)15-12-20-23(13-15)19(4,5)6/h8-14H,7H2,1-6H3,(H,21,24). The van der Waals surface area contributed by atoms with E-state index in [9.17, 15) is 4.79 Å². The summed E-state index contributed by atoms with van der Waals surface area (Å²) in [4.78, 5) is 14.7. The maximum atomic E-state index is 12.4. The molecule has 1 heterocycles. The molecular formula is C19H28N4O. The monoisotopic (exact) mass is 328 g/mol. The van der Waals surface area contributed by atoms with Gasteiger partial charge >= 0.3 is 0 Å². The van der Waals surface area contributed by atoms with Crippen molar-refractivity contribution in [2.24, 2.45) is 0 Å².